The number of β-amino-alcohol motifs (C(OH)–C–C–N with tert-alkyl or cyclic N) is 1. The van der Waals surface area contributed by atoms with Gasteiger partial charge in [0.15, 0.2) is 0 Å². The molecule has 2 aliphatic rings. The summed E-state index contributed by atoms with van der Waals surface area (Å²) in [5, 5.41) is 12.7. The molecule has 0 aromatic rings. The van der Waals surface area contributed by atoms with E-state index in [-0.39, 0.29) is 6.61 Å². The van der Waals surface area contributed by atoms with E-state index in [9.17, 15) is 0 Å². The molecule has 0 saturated carbocycles. The van der Waals surface area contributed by atoms with Crippen LogP contribution in [0.3, 0.4) is 0 Å². The molecular weight excluding hydrogens is 254 g/mol. The third-order valence-electron chi connectivity index (χ3n) is 4.53. The maximum Gasteiger partial charge on any atom is 0.0558 e. The fraction of sp³-hybridized carbons (Fsp3) is 1.00. The van der Waals surface area contributed by atoms with Gasteiger partial charge in [-0.3, -0.25) is 4.90 Å². The fourth-order valence-electron chi connectivity index (χ4n) is 3.41. The van der Waals surface area contributed by atoms with E-state index in [2.05, 4.69) is 22.0 Å². The smallest absolute Gasteiger partial charge is 0.0558 e. The molecular formula is C15H31N3O2. The Balaban J connectivity index is 1.79. The van der Waals surface area contributed by atoms with Crippen LogP contribution in [0.4, 0.5) is 0 Å². The first kappa shape index (κ1) is 16.2. The number of rotatable bonds is 6. The minimum Gasteiger partial charge on any atom is -0.395 e. The normalized spacial score (nSPS) is 30.3. The highest BCUT2D eigenvalue weighted by molar-refractivity contribution is 4.83. The van der Waals surface area contributed by atoms with Crippen molar-refractivity contribution in [2.24, 2.45) is 5.92 Å². The molecule has 2 fully saturated rings. The Morgan fingerprint density at radius 3 is 2.80 bits per heavy atom. The van der Waals surface area contributed by atoms with E-state index < -0.39 is 0 Å². The van der Waals surface area contributed by atoms with Gasteiger partial charge in [-0.15, -0.1) is 0 Å². The van der Waals surface area contributed by atoms with Gasteiger partial charge in [0.05, 0.1) is 13.2 Å². The lowest BCUT2D eigenvalue weighted by Crippen LogP contribution is -2.48. The molecule has 2 heterocycles. The average Bonchev–Trinajstić information content (AvgIpc) is 2.68. The summed E-state index contributed by atoms with van der Waals surface area (Å²) in [6.45, 7) is 11.8. The zero-order chi connectivity index (χ0) is 14.2. The molecule has 2 rings (SSSR count). The summed E-state index contributed by atoms with van der Waals surface area (Å²) in [6, 6.07) is 0.616. The lowest BCUT2D eigenvalue weighted by atomic mass is 9.95. The second-order valence-corrected chi connectivity index (χ2v) is 6.01. The van der Waals surface area contributed by atoms with Gasteiger partial charge in [-0.1, -0.05) is 6.92 Å². The fourth-order valence-corrected chi connectivity index (χ4v) is 3.41. The largest absolute Gasteiger partial charge is 0.395 e. The monoisotopic (exact) mass is 285 g/mol. The molecule has 0 bridgehead atoms. The van der Waals surface area contributed by atoms with Gasteiger partial charge in [-0.2, -0.15) is 0 Å². The zero-order valence-corrected chi connectivity index (χ0v) is 12.9. The standard InChI is InChI=1S/C15H31N3O2/c1-2-16-15-4-11-20-13-14(15)12-18-6-3-5-17(7-8-18)9-10-19/h14-16,19H,2-13H2,1H3. The molecule has 2 saturated heterocycles. The quantitative estimate of drug-likeness (QED) is 0.719. The summed E-state index contributed by atoms with van der Waals surface area (Å²) in [6.07, 6.45) is 2.35. The van der Waals surface area contributed by atoms with Gasteiger partial charge < -0.3 is 20.1 Å². The second-order valence-electron chi connectivity index (χ2n) is 6.01. The Hall–Kier alpha value is -0.200. The Morgan fingerprint density at radius 2 is 2.00 bits per heavy atom. The van der Waals surface area contributed by atoms with Crippen LogP contribution >= 0.6 is 0 Å². The number of hydrogen-bond acceptors (Lipinski definition) is 5. The van der Waals surface area contributed by atoms with Crippen LogP contribution in [0.2, 0.25) is 0 Å². The Labute approximate surface area is 123 Å². The number of aliphatic hydroxyl groups excluding tert-OH is 1. The molecule has 2 atom stereocenters. The van der Waals surface area contributed by atoms with Crippen molar-refractivity contribution in [2.45, 2.75) is 25.8 Å². The molecule has 20 heavy (non-hydrogen) atoms. The van der Waals surface area contributed by atoms with E-state index >= 15 is 0 Å². The average molecular weight is 285 g/mol. The first-order chi connectivity index (χ1) is 9.83. The van der Waals surface area contributed by atoms with Gasteiger partial charge in [0, 0.05) is 44.7 Å². The van der Waals surface area contributed by atoms with Crippen molar-refractivity contribution in [1.82, 2.24) is 15.1 Å². The predicted octanol–water partition coefficient (Wildman–Crippen LogP) is 0.00100. The highest BCUT2D eigenvalue weighted by atomic mass is 16.5. The first-order valence-corrected chi connectivity index (χ1v) is 8.20. The zero-order valence-electron chi connectivity index (χ0n) is 12.9. The topological polar surface area (TPSA) is 48.0 Å². The van der Waals surface area contributed by atoms with Crippen molar-refractivity contribution in [3.05, 3.63) is 0 Å². The maximum atomic E-state index is 9.05. The van der Waals surface area contributed by atoms with Crippen LogP contribution in [0, 0.1) is 5.92 Å². The Morgan fingerprint density at radius 1 is 1.20 bits per heavy atom. The van der Waals surface area contributed by atoms with E-state index in [1.807, 2.05) is 0 Å². The van der Waals surface area contributed by atoms with Gasteiger partial charge in [0.2, 0.25) is 0 Å². The number of nitrogens with zero attached hydrogens (tertiary/aromatic N) is 2. The third-order valence-corrected chi connectivity index (χ3v) is 4.53. The number of hydrogen-bond donors (Lipinski definition) is 2. The van der Waals surface area contributed by atoms with Gasteiger partial charge in [-0.25, -0.2) is 0 Å². The lowest BCUT2D eigenvalue weighted by molar-refractivity contribution is 0.0174. The predicted molar refractivity (Wildman–Crippen MR) is 81.0 cm³/mol. The molecule has 2 unspecified atom stereocenters. The minimum atomic E-state index is 0.277. The number of aliphatic hydroxyl groups is 1. The summed E-state index contributed by atoms with van der Waals surface area (Å²) in [5.41, 5.74) is 0. The van der Waals surface area contributed by atoms with Crippen LogP contribution in [0.25, 0.3) is 0 Å². The van der Waals surface area contributed by atoms with Crippen LogP contribution < -0.4 is 5.32 Å². The molecule has 2 N–H and O–H groups in total. The van der Waals surface area contributed by atoms with Gasteiger partial charge in [0.1, 0.15) is 0 Å². The van der Waals surface area contributed by atoms with Crippen molar-refractivity contribution in [1.29, 1.82) is 0 Å². The van der Waals surface area contributed by atoms with Crippen LogP contribution in [-0.2, 0) is 4.74 Å². The van der Waals surface area contributed by atoms with Crippen LogP contribution in [0.5, 0.6) is 0 Å². The number of ether oxygens (including phenoxy) is 1. The summed E-state index contributed by atoms with van der Waals surface area (Å²) in [7, 11) is 0. The molecule has 5 heteroatoms. The van der Waals surface area contributed by atoms with Gasteiger partial charge in [-0.05, 0) is 32.5 Å². The molecule has 0 aromatic heterocycles. The summed E-state index contributed by atoms with van der Waals surface area (Å²) in [5.74, 6) is 0.619. The molecule has 118 valence electrons. The van der Waals surface area contributed by atoms with Gasteiger partial charge in [0.25, 0.3) is 0 Å². The molecule has 0 spiro atoms. The van der Waals surface area contributed by atoms with Gasteiger partial charge >= 0.3 is 0 Å². The highest BCUT2D eigenvalue weighted by Crippen LogP contribution is 2.17. The van der Waals surface area contributed by atoms with Crippen molar-refractivity contribution >= 4 is 0 Å². The summed E-state index contributed by atoms with van der Waals surface area (Å²) < 4.78 is 5.68. The van der Waals surface area contributed by atoms with Crippen molar-refractivity contribution in [2.75, 3.05) is 65.6 Å². The lowest BCUT2D eigenvalue weighted by Gasteiger charge is -2.35. The molecule has 2 aliphatic heterocycles. The van der Waals surface area contributed by atoms with Crippen LogP contribution in [-0.4, -0.2) is 86.6 Å². The molecule has 0 radical (unpaired) electrons. The molecule has 5 nitrogen and oxygen atoms in total. The third kappa shape index (κ3) is 4.97. The van der Waals surface area contributed by atoms with Crippen molar-refractivity contribution in [3.8, 4) is 0 Å². The van der Waals surface area contributed by atoms with Crippen molar-refractivity contribution in [3.63, 3.8) is 0 Å². The highest BCUT2D eigenvalue weighted by Gasteiger charge is 2.27. The van der Waals surface area contributed by atoms with E-state index in [4.69, 9.17) is 9.84 Å². The summed E-state index contributed by atoms with van der Waals surface area (Å²) in [4.78, 5) is 4.96. The first-order valence-electron chi connectivity index (χ1n) is 8.20. The van der Waals surface area contributed by atoms with E-state index in [1.165, 1.54) is 13.0 Å². The van der Waals surface area contributed by atoms with E-state index in [0.29, 0.717) is 12.0 Å². The molecule has 0 aliphatic carbocycles. The maximum absolute atomic E-state index is 9.05. The molecule has 0 aromatic carbocycles. The SMILES string of the molecule is CCNC1CCOCC1CN1CCCN(CCO)CC1. The number of nitrogens with one attached hydrogen (secondary N) is 1. The minimum absolute atomic E-state index is 0.277. The second kappa shape index (κ2) is 8.95. The van der Waals surface area contributed by atoms with E-state index in [0.717, 1.165) is 58.9 Å². The van der Waals surface area contributed by atoms with Crippen LogP contribution in [0.1, 0.15) is 19.8 Å². The van der Waals surface area contributed by atoms with Crippen molar-refractivity contribution < 1.29 is 9.84 Å². The Bertz CT molecular complexity index is 264. The Kier molecular flexibility index (Phi) is 7.24. The molecule has 0 amide bonds. The van der Waals surface area contributed by atoms with Crippen LogP contribution in [0.15, 0.2) is 0 Å². The summed E-state index contributed by atoms with van der Waals surface area (Å²) >= 11 is 0. The van der Waals surface area contributed by atoms with E-state index in [1.54, 1.807) is 0 Å².